The van der Waals surface area contributed by atoms with E-state index in [0.29, 0.717) is 52.6 Å². The zero-order chi connectivity index (χ0) is 31.5. The van der Waals surface area contributed by atoms with Crippen molar-refractivity contribution in [1.82, 2.24) is 25.3 Å². The number of carboxylic acids is 1. The first-order chi connectivity index (χ1) is 20.8. The maximum Gasteiger partial charge on any atom is 0.317 e. The van der Waals surface area contributed by atoms with Gasteiger partial charge in [-0.1, -0.05) is 74.5 Å². The highest BCUT2D eigenvalue weighted by molar-refractivity contribution is 5.78. The summed E-state index contributed by atoms with van der Waals surface area (Å²) < 4.78 is 12.2. The van der Waals surface area contributed by atoms with E-state index in [-0.39, 0.29) is 43.5 Å². The lowest BCUT2D eigenvalue weighted by Gasteiger charge is -2.37. The number of hydrogen-bond donors (Lipinski definition) is 3. The van der Waals surface area contributed by atoms with E-state index in [0.717, 1.165) is 11.1 Å². The van der Waals surface area contributed by atoms with Crippen molar-refractivity contribution in [2.24, 2.45) is 0 Å². The number of benzene rings is 2. The van der Waals surface area contributed by atoms with E-state index in [1.54, 1.807) is 14.1 Å². The zero-order valence-corrected chi connectivity index (χ0v) is 26.0. The smallest absolute Gasteiger partial charge is 0.317 e. The van der Waals surface area contributed by atoms with Crippen molar-refractivity contribution in [2.75, 3.05) is 73.1 Å². The molecule has 0 radical (unpaired) electrons. The molecule has 0 aromatic heterocycles. The Labute approximate surface area is 256 Å². The molecule has 0 saturated carbocycles. The number of rotatable bonds is 22. The molecule has 0 spiro atoms. The third-order valence-corrected chi connectivity index (χ3v) is 7.24. The Kier molecular flexibility index (Phi) is 17.1. The second-order valence-electron chi connectivity index (χ2n) is 10.4. The lowest BCUT2D eigenvalue weighted by atomic mass is 10.1. The Balaban J connectivity index is 2.26. The molecule has 0 heterocycles. The van der Waals surface area contributed by atoms with Crippen LogP contribution in [0.25, 0.3) is 0 Å². The van der Waals surface area contributed by atoms with E-state index < -0.39 is 5.97 Å². The van der Waals surface area contributed by atoms with E-state index in [4.69, 9.17) is 9.47 Å². The fourth-order valence-corrected chi connectivity index (χ4v) is 4.84. The summed E-state index contributed by atoms with van der Waals surface area (Å²) in [5, 5.41) is 15.2. The SMILES string of the molecule is CCN(CC(=O)NC)C(COCc1ccccc1)CN(CC(=O)O)CC(COCc1ccccc1)N(CC)CC(=O)NC. The van der Waals surface area contributed by atoms with Crippen molar-refractivity contribution in [3.8, 4) is 0 Å². The van der Waals surface area contributed by atoms with Crippen molar-refractivity contribution < 1.29 is 29.0 Å². The highest BCUT2D eigenvalue weighted by atomic mass is 16.5. The van der Waals surface area contributed by atoms with E-state index in [2.05, 4.69) is 10.6 Å². The average molecular weight is 600 g/mol. The Hall–Kier alpha value is -3.35. The number of nitrogens with zero attached hydrogens (tertiary/aromatic N) is 3. The van der Waals surface area contributed by atoms with Crippen molar-refractivity contribution in [3.05, 3.63) is 71.8 Å². The quantitative estimate of drug-likeness (QED) is 0.186. The monoisotopic (exact) mass is 599 g/mol. The predicted molar refractivity (Wildman–Crippen MR) is 166 cm³/mol. The minimum absolute atomic E-state index is 0.130. The summed E-state index contributed by atoms with van der Waals surface area (Å²) >= 11 is 0. The van der Waals surface area contributed by atoms with Gasteiger partial charge < -0.3 is 25.2 Å². The lowest BCUT2D eigenvalue weighted by Crippen LogP contribution is -2.55. The average Bonchev–Trinajstić information content (AvgIpc) is 3.02. The van der Waals surface area contributed by atoms with E-state index in [1.807, 2.05) is 89.2 Å². The van der Waals surface area contributed by atoms with Crippen LogP contribution in [0.15, 0.2) is 60.7 Å². The second kappa shape index (κ2) is 20.5. The molecule has 0 saturated heterocycles. The minimum Gasteiger partial charge on any atom is -0.480 e. The summed E-state index contributed by atoms with van der Waals surface area (Å²) in [6.07, 6.45) is 0. The number of aliphatic carboxylic acids is 1. The topological polar surface area (TPSA) is 124 Å². The number of likely N-dealkylation sites (N-methyl/N-ethyl adjacent to an activating group) is 4. The van der Waals surface area contributed by atoms with Gasteiger partial charge >= 0.3 is 5.97 Å². The molecule has 11 nitrogen and oxygen atoms in total. The van der Waals surface area contributed by atoms with Crippen LogP contribution in [0.5, 0.6) is 0 Å². The number of ether oxygens (including phenoxy) is 2. The Morgan fingerprint density at radius 3 is 1.42 bits per heavy atom. The molecule has 11 heteroatoms. The maximum atomic E-state index is 12.4. The minimum atomic E-state index is -0.961. The van der Waals surface area contributed by atoms with Gasteiger partial charge in [-0.25, -0.2) is 0 Å². The van der Waals surface area contributed by atoms with Gasteiger partial charge in [0.2, 0.25) is 11.8 Å². The van der Waals surface area contributed by atoms with Gasteiger partial charge in [-0.05, 0) is 24.2 Å². The van der Waals surface area contributed by atoms with Gasteiger partial charge in [0.25, 0.3) is 0 Å². The number of hydrogen-bond acceptors (Lipinski definition) is 8. The third kappa shape index (κ3) is 14.1. The highest BCUT2D eigenvalue weighted by Gasteiger charge is 2.28. The number of amides is 2. The van der Waals surface area contributed by atoms with Crippen molar-refractivity contribution in [2.45, 2.75) is 39.1 Å². The number of carboxylic acid groups (broad SMARTS) is 1. The molecule has 0 aliphatic heterocycles. The summed E-state index contributed by atoms with van der Waals surface area (Å²) in [6, 6.07) is 19.1. The number of carbonyl (C=O) groups is 3. The Morgan fingerprint density at radius 1 is 0.698 bits per heavy atom. The van der Waals surface area contributed by atoms with Gasteiger partial charge in [-0.3, -0.25) is 29.1 Å². The highest BCUT2D eigenvalue weighted by Crippen LogP contribution is 2.12. The predicted octanol–water partition coefficient (Wildman–Crippen LogP) is 1.68. The molecule has 43 heavy (non-hydrogen) atoms. The van der Waals surface area contributed by atoms with Gasteiger partial charge in [0.1, 0.15) is 0 Å². The van der Waals surface area contributed by atoms with Gasteiger partial charge in [-0.15, -0.1) is 0 Å². The molecule has 2 aromatic rings. The molecule has 2 amide bonds. The zero-order valence-electron chi connectivity index (χ0n) is 26.0. The molecule has 2 atom stereocenters. The maximum absolute atomic E-state index is 12.4. The Morgan fingerprint density at radius 2 is 1.09 bits per heavy atom. The van der Waals surface area contributed by atoms with Crippen molar-refractivity contribution in [1.29, 1.82) is 0 Å². The summed E-state index contributed by atoms with van der Waals surface area (Å²) in [5.74, 6) is -1.22. The van der Waals surface area contributed by atoms with Crippen LogP contribution in [-0.2, 0) is 37.1 Å². The largest absolute Gasteiger partial charge is 0.480 e. The normalized spacial score (nSPS) is 12.8. The summed E-state index contributed by atoms with van der Waals surface area (Å²) in [7, 11) is 3.19. The van der Waals surface area contributed by atoms with Crippen molar-refractivity contribution in [3.63, 3.8) is 0 Å². The first kappa shape index (κ1) is 35.8. The van der Waals surface area contributed by atoms with Gasteiger partial charge in [-0.2, -0.15) is 0 Å². The fourth-order valence-electron chi connectivity index (χ4n) is 4.84. The number of carbonyl (C=O) groups excluding carboxylic acids is 2. The molecule has 2 aromatic carbocycles. The molecule has 0 aliphatic carbocycles. The first-order valence-electron chi connectivity index (χ1n) is 14.9. The van der Waals surface area contributed by atoms with Gasteiger partial charge in [0, 0.05) is 39.3 Å². The summed E-state index contributed by atoms with van der Waals surface area (Å²) in [5.41, 5.74) is 2.06. The molecule has 3 N–H and O–H groups in total. The van der Waals surface area contributed by atoms with Crippen LogP contribution < -0.4 is 10.6 Å². The molecule has 0 fully saturated rings. The lowest BCUT2D eigenvalue weighted by molar-refractivity contribution is -0.139. The molecule has 0 bridgehead atoms. The van der Waals surface area contributed by atoms with Crippen LogP contribution in [0, 0.1) is 0 Å². The second-order valence-corrected chi connectivity index (χ2v) is 10.4. The fraction of sp³-hybridized carbons (Fsp3) is 0.531. The molecule has 2 rings (SSSR count). The first-order valence-corrected chi connectivity index (χ1v) is 14.9. The van der Waals surface area contributed by atoms with Crippen LogP contribution in [0.2, 0.25) is 0 Å². The van der Waals surface area contributed by atoms with Crippen molar-refractivity contribution >= 4 is 17.8 Å². The molecular formula is C32H49N5O6. The Bertz CT molecular complexity index is 997. The molecular weight excluding hydrogens is 550 g/mol. The number of nitrogens with one attached hydrogen (secondary N) is 2. The van der Waals surface area contributed by atoms with E-state index in [1.165, 1.54) is 0 Å². The third-order valence-electron chi connectivity index (χ3n) is 7.24. The van der Waals surface area contributed by atoms with Crippen LogP contribution in [-0.4, -0.2) is 123 Å². The van der Waals surface area contributed by atoms with Gasteiger partial charge in [0.05, 0.1) is 46.1 Å². The van der Waals surface area contributed by atoms with Crippen LogP contribution in [0.4, 0.5) is 0 Å². The van der Waals surface area contributed by atoms with Crippen LogP contribution in [0.3, 0.4) is 0 Å². The van der Waals surface area contributed by atoms with E-state index >= 15 is 0 Å². The molecule has 238 valence electrons. The van der Waals surface area contributed by atoms with Crippen LogP contribution in [0.1, 0.15) is 25.0 Å². The standard InChI is InChI=1S/C32H49N5O6/c1-5-36(19-30(38)33-3)28(24-42-22-26-13-9-7-10-14-26)17-35(21-32(40)41)18-29(37(6-2)20-31(39)34-4)25-43-23-27-15-11-8-12-16-27/h7-16,28-29H,5-6,17-25H2,1-4H3,(H,33,38)(H,34,39)(H,40,41). The summed E-state index contributed by atoms with van der Waals surface area (Å²) in [4.78, 5) is 42.6. The molecule has 0 aliphatic rings. The van der Waals surface area contributed by atoms with E-state index in [9.17, 15) is 19.5 Å². The van der Waals surface area contributed by atoms with Gasteiger partial charge in [0.15, 0.2) is 0 Å². The molecule has 2 unspecified atom stereocenters. The summed E-state index contributed by atoms with van der Waals surface area (Å²) in [6.45, 7) is 7.32. The van der Waals surface area contributed by atoms with Crippen LogP contribution >= 0.6 is 0 Å².